The van der Waals surface area contributed by atoms with E-state index in [1.807, 2.05) is 10.8 Å². The highest BCUT2D eigenvalue weighted by molar-refractivity contribution is 7.98. The summed E-state index contributed by atoms with van der Waals surface area (Å²) in [5.41, 5.74) is 4.87. The topological polar surface area (TPSA) is 154 Å². The lowest BCUT2D eigenvalue weighted by Gasteiger charge is -2.20. The Morgan fingerprint density at radius 1 is 1.25 bits per heavy atom. The van der Waals surface area contributed by atoms with Crippen molar-refractivity contribution in [2.24, 2.45) is 5.73 Å². The fourth-order valence-corrected chi connectivity index (χ4v) is 9.25. The molecule has 14 heteroatoms. The van der Waals surface area contributed by atoms with Crippen molar-refractivity contribution in [2.75, 3.05) is 12.3 Å². The Labute approximate surface area is 196 Å². The lowest BCUT2D eigenvalue weighted by molar-refractivity contribution is 0.355. The maximum Gasteiger partial charge on any atom is 0.347 e. The van der Waals surface area contributed by atoms with Crippen LogP contribution >= 0.6 is 42.0 Å². The van der Waals surface area contributed by atoms with Crippen molar-refractivity contribution in [3.05, 3.63) is 52.2 Å². The van der Waals surface area contributed by atoms with Crippen LogP contribution in [0.1, 0.15) is 28.2 Å². The highest BCUT2D eigenvalue weighted by Gasteiger charge is 2.36. The van der Waals surface area contributed by atoms with E-state index in [0.717, 1.165) is 61.7 Å². The number of thiophene rings is 2. The SMILES string of the molecule is N#Cc1ccc(C(NS(=O)(=O)c2cc3sc(CSCCCN)cc3s2)P(=O)(O)O)cc1F. The molecule has 1 unspecified atom stereocenters. The first kappa shape index (κ1) is 25.3. The van der Waals surface area contributed by atoms with Gasteiger partial charge in [0, 0.05) is 20.0 Å². The molecule has 2 heterocycles. The van der Waals surface area contributed by atoms with Crippen molar-refractivity contribution < 1.29 is 27.2 Å². The average molecular weight is 536 g/mol. The molecule has 32 heavy (non-hydrogen) atoms. The standard InChI is InChI=1S/C18H19FN3O5PS4/c19-14-6-11(2-3-12(14)9-21)18(28(23,24)25)22-32(26,27)17-8-16-15(31-17)7-13(30-16)10-29-5-1-4-20/h2-3,6-8,18,22H,1,4-5,10,20H2,(H2,23,24,25). The second-order valence-corrected chi connectivity index (χ2v) is 13.7. The highest BCUT2D eigenvalue weighted by Crippen LogP contribution is 2.51. The zero-order chi connectivity index (χ0) is 23.5. The number of rotatable bonds is 10. The number of sulfonamides is 1. The normalized spacial score (nSPS) is 13.3. The molecule has 1 atom stereocenters. The number of hydrogen-bond acceptors (Lipinski definition) is 8. The molecule has 0 aliphatic rings. The van der Waals surface area contributed by atoms with Crippen LogP contribution in [0.25, 0.3) is 9.40 Å². The van der Waals surface area contributed by atoms with Gasteiger partial charge in [0.05, 0.1) is 5.56 Å². The molecule has 0 aliphatic heterocycles. The molecule has 0 spiro atoms. The number of nitriles is 1. The van der Waals surface area contributed by atoms with Crippen LogP contribution in [0.5, 0.6) is 0 Å². The summed E-state index contributed by atoms with van der Waals surface area (Å²) in [5.74, 6) is -1.28. The number of halogens is 1. The predicted octanol–water partition coefficient (Wildman–Crippen LogP) is 3.71. The number of thioether (sulfide) groups is 1. The molecule has 0 radical (unpaired) electrons. The molecule has 3 aromatic rings. The Morgan fingerprint density at radius 2 is 1.97 bits per heavy atom. The minimum absolute atomic E-state index is 0.103. The molecular weight excluding hydrogens is 516 g/mol. The minimum atomic E-state index is -5.05. The maximum atomic E-state index is 14.0. The van der Waals surface area contributed by atoms with Gasteiger partial charge in [-0.05, 0) is 48.5 Å². The van der Waals surface area contributed by atoms with Gasteiger partial charge in [-0.3, -0.25) is 4.57 Å². The Hall–Kier alpha value is -1.33. The number of benzene rings is 1. The van der Waals surface area contributed by atoms with Gasteiger partial charge in [0.1, 0.15) is 21.9 Å². The van der Waals surface area contributed by atoms with Crippen LogP contribution in [0, 0.1) is 17.1 Å². The molecule has 0 bridgehead atoms. The van der Waals surface area contributed by atoms with Crippen molar-refractivity contribution in [3.63, 3.8) is 0 Å². The van der Waals surface area contributed by atoms with Crippen molar-refractivity contribution in [2.45, 2.75) is 22.2 Å². The number of fused-ring (bicyclic) bond motifs is 1. The summed E-state index contributed by atoms with van der Waals surface area (Å²) >= 11 is 4.18. The van der Waals surface area contributed by atoms with E-state index < -0.39 is 29.2 Å². The number of nitrogens with zero attached hydrogens (tertiary/aromatic N) is 1. The Bertz CT molecular complexity index is 1280. The highest BCUT2D eigenvalue weighted by atomic mass is 32.2. The first-order valence-corrected chi connectivity index (χ1v) is 15.1. The van der Waals surface area contributed by atoms with Gasteiger partial charge >= 0.3 is 7.60 Å². The smallest absolute Gasteiger partial charge is 0.330 e. The molecule has 0 amide bonds. The summed E-state index contributed by atoms with van der Waals surface area (Å²) in [7, 11) is -9.36. The number of hydrogen-bond donors (Lipinski definition) is 4. The van der Waals surface area contributed by atoms with E-state index in [2.05, 4.69) is 0 Å². The van der Waals surface area contributed by atoms with E-state index >= 15 is 0 Å². The molecule has 5 N–H and O–H groups in total. The van der Waals surface area contributed by atoms with Crippen LogP contribution in [0.15, 0.2) is 34.5 Å². The Balaban J connectivity index is 1.84. The molecule has 1 aromatic carbocycles. The first-order chi connectivity index (χ1) is 15.0. The molecule has 0 aliphatic carbocycles. The van der Waals surface area contributed by atoms with Crippen LogP contribution in [0.4, 0.5) is 4.39 Å². The molecule has 172 valence electrons. The summed E-state index contributed by atoms with van der Waals surface area (Å²) in [6, 6.07) is 7.84. The van der Waals surface area contributed by atoms with E-state index in [-0.39, 0.29) is 15.3 Å². The minimum Gasteiger partial charge on any atom is -0.330 e. The Morgan fingerprint density at radius 3 is 2.56 bits per heavy atom. The third kappa shape index (κ3) is 5.96. The van der Waals surface area contributed by atoms with Gasteiger partial charge < -0.3 is 15.5 Å². The molecule has 0 fully saturated rings. The van der Waals surface area contributed by atoms with Gasteiger partial charge in [-0.1, -0.05) is 6.07 Å². The second-order valence-electron chi connectivity index (χ2n) is 6.67. The second kappa shape index (κ2) is 10.3. The van der Waals surface area contributed by atoms with E-state index in [4.69, 9.17) is 11.0 Å². The first-order valence-electron chi connectivity index (χ1n) is 9.12. The molecular formula is C18H19FN3O5PS4. The molecule has 3 rings (SSSR count). The third-order valence-corrected chi connectivity index (χ3v) is 11.0. The fourth-order valence-electron chi connectivity index (χ4n) is 2.75. The monoisotopic (exact) mass is 535 g/mol. The molecule has 2 aromatic heterocycles. The molecule has 0 saturated heterocycles. The number of nitrogens with two attached hydrogens (primary N) is 1. The summed E-state index contributed by atoms with van der Waals surface area (Å²) in [5, 5.41) is 8.82. The summed E-state index contributed by atoms with van der Waals surface area (Å²) < 4.78 is 55.1. The lowest BCUT2D eigenvalue weighted by atomic mass is 10.1. The van der Waals surface area contributed by atoms with Crippen LogP contribution in [-0.4, -0.2) is 30.5 Å². The van der Waals surface area contributed by atoms with Gasteiger partial charge in [-0.15, -0.1) is 22.7 Å². The van der Waals surface area contributed by atoms with Gasteiger partial charge in [0.15, 0.2) is 0 Å². The van der Waals surface area contributed by atoms with Crippen molar-refractivity contribution >= 4 is 61.5 Å². The zero-order valence-electron chi connectivity index (χ0n) is 16.4. The van der Waals surface area contributed by atoms with E-state index in [0.29, 0.717) is 6.54 Å². The van der Waals surface area contributed by atoms with Crippen LogP contribution in [-0.2, 0) is 20.3 Å². The van der Waals surface area contributed by atoms with Crippen LogP contribution < -0.4 is 10.5 Å². The fraction of sp³-hybridized carbons (Fsp3) is 0.278. The average Bonchev–Trinajstić information content (AvgIpc) is 3.28. The summed E-state index contributed by atoms with van der Waals surface area (Å²) in [6.07, 6.45) is 0.919. The third-order valence-electron chi connectivity index (χ3n) is 4.27. The Kier molecular flexibility index (Phi) is 8.14. The maximum absolute atomic E-state index is 14.0. The lowest BCUT2D eigenvalue weighted by Crippen LogP contribution is -2.28. The number of nitrogens with one attached hydrogen (secondary N) is 1. The quantitative estimate of drug-likeness (QED) is 0.226. The summed E-state index contributed by atoms with van der Waals surface area (Å²) in [4.78, 5) is 20.5. The summed E-state index contributed by atoms with van der Waals surface area (Å²) in [6.45, 7) is 0.630. The van der Waals surface area contributed by atoms with Gasteiger partial charge in [0.2, 0.25) is 0 Å². The zero-order valence-corrected chi connectivity index (χ0v) is 20.6. The van der Waals surface area contributed by atoms with Crippen molar-refractivity contribution in [1.29, 1.82) is 5.26 Å². The van der Waals surface area contributed by atoms with E-state index in [9.17, 15) is 27.2 Å². The largest absolute Gasteiger partial charge is 0.347 e. The van der Waals surface area contributed by atoms with E-state index in [1.54, 1.807) is 17.8 Å². The molecule has 8 nitrogen and oxygen atoms in total. The van der Waals surface area contributed by atoms with Gasteiger partial charge in [0.25, 0.3) is 10.0 Å². The van der Waals surface area contributed by atoms with Crippen LogP contribution in [0.2, 0.25) is 0 Å². The van der Waals surface area contributed by atoms with Gasteiger partial charge in [-0.2, -0.15) is 21.7 Å². The van der Waals surface area contributed by atoms with Crippen LogP contribution in [0.3, 0.4) is 0 Å². The van der Waals surface area contributed by atoms with Crippen molar-refractivity contribution in [1.82, 2.24) is 4.72 Å². The predicted molar refractivity (Wildman–Crippen MR) is 126 cm³/mol. The van der Waals surface area contributed by atoms with E-state index in [1.165, 1.54) is 17.4 Å². The molecule has 0 saturated carbocycles. The van der Waals surface area contributed by atoms with Gasteiger partial charge in [-0.25, -0.2) is 12.8 Å². The van der Waals surface area contributed by atoms with Crippen molar-refractivity contribution in [3.8, 4) is 6.07 Å².